The fourth-order valence-electron chi connectivity index (χ4n) is 2.87. The molecule has 116 valence electrons. The van der Waals surface area contributed by atoms with E-state index in [2.05, 4.69) is 25.6 Å². The first-order valence-electron chi connectivity index (χ1n) is 7.50. The van der Waals surface area contributed by atoms with Crippen molar-refractivity contribution < 1.29 is 8.42 Å². The van der Waals surface area contributed by atoms with Crippen LogP contribution in [0.4, 0.5) is 0 Å². The molecule has 0 spiro atoms. The number of nitrogens with zero attached hydrogens (tertiary/aromatic N) is 1. The quantitative estimate of drug-likeness (QED) is 0.807. The van der Waals surface area contributed by atoms with Crippen LogP contribution in [-0.4, -0.2) is 38.5 Å². The molecule has 0 radical (unpaired) electrons. The highest BCUT2D eigenvalue weighted by molar-refractivity contribution is 9.08. The molecule has 1 aliphatic heterocycles. The second-order valence-corrected chi connectivity index (χ2v) is 8.22. The number of sulfonamides is 1. The van der Waals surface area contributed by atoms with Crippen molar-refractivity contribution in [3.05, 3.63) is 29.8 Å². The summed E-state index contributed by atoms with van der Waals surface area (Å²) < 4.78 is 27.6. The van der Waals surface area contributed by atoms with Crippen LogP contribution >= 0.6 is 15.9 Å². The van der Waals surface area contributed by atoms with Crippen molar-refractivity contribution in [1.29, 1.82) is 0 Å². The van der Waals surface area contributed by atoms with Gasteiger partial charge in [0.2, 0.25) is 10.0 Å². The van der Waals surface area contributed by atoms with Gasteiger partial charge in [0.15, 0.2) is 0 Å². The first-order chi connectivity index (χ1) is 10.1. The van der Waals surface area contributed by atoms with E-state index >= 15 is 0 Å². The maximum atomic E-state index is 12.4. The molecule has 1 saturated carbocycles. The Bertz CT molecular complexity index is 576. The molecular formula is C15H21BrN2O2S. The molecule has 2 aliphatic rings. The summed E-state index contributed by atoms with van der Waals surface area (Å²) in [5.41, 5.74) is 1.08. The molecule has 4 nitrogen and oxygen atoms in total. The highest BCUT2D eigenvalue weighted by Crippen LogP contribution is 2.29. The lowest BCUT2D eigenvalue weighted by Gasteiger charge is -2.32. The van der Waals surface area contributed by atoms with E-state index in [1.54, 1.807) is 12.1 Å². The second kappa shape index (κ2) is 6.36. The van der Waals surface area contributed by atoms with Crippen molar-refractivity contribution in [3.8, 4) is 0 Å². The monoisotopic (exact) mass is 372 g/mol. The molecule has 21 heavy (non-hydrogen) atoms. The number of alkyl halides is 1. The topological polar surface area (TPSA) is 49.4 Å². The van der Waals surface area contributed by atoms with E-state index in [1.165, 1.54) is 12.8 Å². The van der Waals surface area contributed by atoms with Crippen molar-refractivity contribution in [2.45, 2.75) is 48.0 Å². The molecule has 1 saturated heterocycles. The van der Waals surface area contributed by atoms with Gasteiger partial charge in [-0.05, 0) is 56.5 Å². The zero-order valence-corrected chi connectivity index (χ0v) is 14.4. The predicted molar refractivity (Wildman–Crippen MR) is 87.0 cm³/mol. The van der Waals surface area contributed by atoms with E-state index in [0.717, 1.165) is 42.9 Å². The third kappa shape index (κ3) is 3.86. The normalized spacial score (nSPS) is 21.6. The van der Waals surface area contributed by atoms with E-state index < -0.39 is 10.0 Å². The number of likely N-dealkylation sites (tertiary alicyclic amines) is 1. The van der Waals surface area contributed by atoms with Gasteiger partial charge in [0.1, 0.15) is 0 Å². The molecule has 0 bridgehead atoms. The molecule has 1 aliphatic carbocycles. The van der Waals surface area contributed by atoms with Crippen LogP contribution in [0, 0.1) is 0 Å². The third-order valence-corrected chi connectivity index (χ3v) is 6.49. The van der Waals surface area contributed by atoms with Crippen LogP contribution in [-0.2, 0) is 15.4 Å². The van der Waals surface area contributed by atoms with Crippen molar-refractivity contribution in [2.24, 2.45) is 0 Å². The largest absolute Gasteiger partial charge is 0.300 e. The molecule has 0 amide bonds. The second-order valence-electron chi connectivity index (χ2n) is 5.94. The summed E-state index contributed by atoms with van der Waals surface area (Å²) in [5, 5.41) is 0.736. The number of halogens is 1. The Morgan fingerprint density at radius 1 is 1.10 bits per heavy atom. The summed E-state index contributed by atoms with van der Waals surface area (Å²) in [5.74, 6) is 0. The third-order valence-electron chi connectivity index (χ3n) is 4.30. The number of hydrogen-bond donors (Lipinski definition) is 1. The van der Waals surface area contributed by atoms with Crippen LogP contribution in [0.2, 0.25) is 0 Å². The van der Waals surface area contributed by atoms with Gasteiger partial charge in [-0.1, -0.05) is 28.1 Å². The number of nitrogens with one attached hydrogen (secondary N) is 1. The molecular weight excluding hydrogens is 352 g/mol. The molecule has 1 aromatic rings. The van der Waals surface area contributed by atoms with Crippen molar-refractivity contribution in [3.63, 3.8) is 0 Å². The minimum Gasteiger partial charge on any atom is -0.300 e. The van der Waals surface area contributed by atoms with Gasteiger partial charge in [-0.15, -0.1) is 0 Å². The smallest absolute Gasteiger partial charge is 0.240 e. The Morgan fingerprint density at radius 3 is 2.24 bits per heavy atom. The Hall–Kier alpha value is -0.430. The summed E-state index contributed by atoms with van der Waals surface area (Å²) in [7, 11) is -3.39. The van der Waals surface area contributed by atoms with Crippen LogP contribution in [0.3, 0.4) is 0 Å². The SMILES string of the molecule is O=S(=O)(NC1CCN(C2CC2)CC1)c1ccc(CBr)cc1. The number of benzene rings is 1. The molecule has 3 rings (SSSR count). The lowest BCUT2D eigenvalue weighted by atomic mass is 10.1. The fraction of sp³-hybridized carbons (Fsp3) is 0.600. The number of hydrogen-bond acceptors (Lipinski definition) is 3. The highest BCUT2D eigenvalue weighted by Gasteiger charge is 2.32. The van der Waals surface area contributed by atoms with Gasteiger partial charge in [-0.2, -0.15) is 0 Å². The Morgan fingerprint density at radius 2 is 1.71 bits per heavy atom. The Labute approximate surface area is 135 Å². The zero-order chi connectivity index (χ0) is 14.9. The molecule has 1 heterocycles. The Balaban J connectivity index is 1.60. The molecule has 1 aromatic carbocycles. The van der Waals surface area contributed by atoms with E-state index in [9.17, 15) is 8.42 Å². The van der Waals surface area contributed by atoms with Gasteiger partial charge in [0.25, 0.3) is 0 Å². The van der Waals surface area contributed by atoms with Crippen molar-refractivity contribution in [1.82, 2.24) is 9.62 Å². The predicted octanol–water partition coefficient (Wildman–Crippen LogP) is 2.49. The van der Waals surface area contributed by atoms with Crippen LogP contribution < -0.4 is 4.72 Å². The average Bonchev–Trinajstić information content (AvgIpc) is 3.32. The molecule has 0 unspecified atom stereocenters. The number of rotatable bonds is 5. The summed E-state index contributed by atoms with van der Waals surface area (Å²) in [4.78, 5) is 2.85. The molecule has 2 fully saturated rings. The van der Waals surface area contributed by atoms with Gasteiger partial charge in [0.05, 0.1) is 4.90 Å². The molecule has 1 N–H and O–H groups in total. The van der Waals surface area contributed by atoms with Crippen molar-refractivity contribution in [2.75, 3.05) is 13.1 Å². The summed E-state index contributed by atoms with van der Waals surface area (Å²) in [6.45, 7) is 2.03. The average molecular weight is 373 g/mol. The fourth-order valence-corrected chi connectivity index (χ4v) is 4.55. The van der Waals surface area contributed by atoms with Gasteiger partial charge >= 0.3 is 0 Å². The zero-order valence-electron chi connectivity index (χ0n) is 12.0. The highest BCUT2D eigenvalue weighted by atomic mass is 79.9. The summed E-state index contributed by atoms with van der Waals surface area (Å²) >= 11 is 3.36. The lowest BCUT2D eigenvalue weighted by molar-refractivity contribution is 0.199. The van der Waals surface area contributed by atoms with Crippen LogP contribution in [0.5, 0.6) is 0 Å². The van der Waals surface area contributed by atoms with Crippen LogP contribution in [0.1, 0.15) is 31.2 Å². The maximum absolute atomic E-state index is 12.4. The minimum absolute atomic E-state index is 0.0702. The molecule has 0 atom stereocenters. The maximum Gasteiger partial charge on any atom is 0.240 e. The van der Waals surface area contributed by atoms with Crippen LogP contribution in [0.25, 0.3) is 0 Å². The van der Waals surface area contributed by atoms with E-state index in [-0.39, 0.29) is 6.04 Å². The first kappa shape index (κ1) is 15.5. The standard InChI is InChI=1S/C15H21BrN2O2S/c16-11-12-1-5-15(6-2-12)21(19,20)17-13-7-9-18(10-8-13)14-3-4-14/h1-2,5-6,13-14,17H,3-4,7-11H2. The van der Waals surface area contributed by atoms with Crippen molar-refractivity contribution >= 4 is 26.0 Å². The first-order valence-corrected chi connectivity index (χ1v) is 10.1. The number of piperidine rings is 1. The molecule has 0 aromatic heterocycles. The van der Waals surface area contributed by atoms with Gasteiger partial charge < -0.3 is 4.90 Å². The van der Waals surface area contributed by atoms with E-state index in [0.29, 0.717) is 4.90 Å². The van der Waals surface area contributed by atoms with Crippen LogP contribution in [0.15, 0.2) is 29.2 Å². The summed E-state index contributed by atoms with van der Waals surface area (Å²) in [6, 6.07) is 7.90. The lowest BCUT2D eigenvalue weighted by Crippen LogP contribution is -2.45. The van der Waals surface area contributed by atoms with Gasteiger partial charge in [-0.3, -0.25) is 0 Å². The van der Waals surface area contributed by atoms with E-state index in [1.807, 2.05) is 12.1 Å². The van der Waals surface area contributed by atoms with Gasteiger partial charge in [0, 0.05) is 17.4 Å². The molecule has 6 heteroatoms. The summed E-state index contributed by atoms with van der Waals surface area (Å²) in [6.07, 6.45) is 4.46. The Kier molecular flexibility index (Phi) is 4.69. The van der Waals surface area contributed by atoms with E-state index in [4.69, 9.17) is 0 Å². The van der Waals surface area contributed by atoms with Gasteiger partial charge in [-0.25, -0.2) is 13.1 Å². The minimum atomic E-state index is -3.39.